The summed E-state index contributed by atoms with van der Waals surface area (Å²) in [7, 11) is 1.68. The largest absolute Gasteiger partial charge is 0.497 e. The van der Waals surface area contributed by atoms with Gasteiger partial charge in [0.05, 0.1) is 7.11 Å². The number of benzene rings is 2. The highest BCUT2D eigenvalue weighted by atomic mass is 16.6. The van der Waals surface area contributed by atoms with Crippen LogP contribution in [0.1, 0.15) is 18.9 Å². The molecule has 3 aliphatic rings. The Labute approximate surface area is 194 Å². The average molecular weight is 448 g/mol. The summed E-state index contributed by atoms with van der Waals surface area (Å²) in [4.78, 5) is 18.0. The van der Waals surface area contributed by atoms with Crippen LogP contribution in [-0.2, 0) is 9.53 Å². The van der Waals surface area contributed by atoms with Gasteiger partial charge in [-0.3, -0.25) is 9.69 Å². The molecular weight excluding hydrogens is 418 g/mol. The first-order valence-corrected chi connectivity index (χ1v) is 11.3. The molecule has 1 unspecified atom stereocenters. The van der Waals surface area contributed by atoms with E-state index in [1.807, 2.05) is 49.4 Å². The van der Waals surface area contributed by atoms with Crippen LogP contribution in [-0.4, -0.2) is 67.9 Å². The predicted octanol–water partition coefficient (Wildman–Crippen LogP) is 2.59. The smallest absolute Gasteiger partial charge is 0.276 e. The topological polar surface area (TPSA) is 69.6 Å². The van der Waals surface area contributed by atoms with E-state index in [-0.39, 0.29) is 5.91 Å². The summed E-state index contributed by atoms with van der Waals surface area (Å²) >= 11 is 0. The molecule has 1 N–H and O–H groups in total. The van der Waals surface area contributed by atoms with E-state index in [9.17, 15) is 4.79 Å². The summed E-state index contributed by atoms with van der Waals surface area (Å²) in [6, 6.07) is 17.9. The second kappa shape index (κ2) is 9.15. The molecule has 0 saturated carbocycles. The Balaban J connectivity index is 1.17. The number of nitrogens with one attached hydrogen (secondary N) is 1. The zero-order chi connectivity index (χ0) is 22.8. The number of allylic oxidation sites excluding steroid dienone is 1. The molecule has 2 aromatic carbocycles. The van der Waals surface area contributed by atoms with Crippen molar-refractivity contribution >= 4 is 17.5 Å². The summed E-state index contributed by atoms with van der Waals surface area (Å²) in [5.41, 5.74) is 3.70. The fourth-order valence-electron chi connectivity index (χ4n) is 4.44. The Bertz CT molecular complexity index is 1060. The van der Waals surface area contributed by atoms with Crippen molar-refractivity contribution in [3.05, 3.63) is 71.4 Å². The number of fused-ring (bicyclic) bond motifs is 1. The first kappa shape index (κ1) is 21.3. The molecule has 1 amide bonds. The Morgan fingerprint density at radius 1 is 1.06 bits per heavy atom. The lowest BCUT2D eigenvalue weighted by Crippen LogP contribution is -2.50. The van der Waals surface area contributed by atoms with E-state index < -0.39 is 6.35 Å². The molecule has 1 saturated heterocycles. The van der Waals surface area contributed by atoms with Crippen LogP contribution >= 0.6 is 0 Å². The maximum absolute atomic E-state index is 13.2. The molecule has 8 nitrogen and oxygen atoms in total. The third kappa shape index (κ3) is 4.39. The molecule has 3 heterocycles. The van der Waals surface area contributed by atoms with Gasteiger partial charge in [0.25, 0.3) is 12.3 Å². The second-order valence-electron chi connectivity index (χ2n) is 8.42. The van der Waals surface area contributed by atoms with E-state index >= 15 is 0 Å². The molecule has 0 aromatic heterocycles. The van der Waals surface area contributed by atoms with Crippen LogP contribution in [0.2, 0.25) is 0 Å². The van der Waals surface area contributed by atoms with E-state index in [2.05, 4.69) is 32.4 Å². The van der Waals surface area contributed by atoms with Crippen molar-refractivity contribution in [2.45, 2.75) is 19.7 Å². The van der Waals surface area contributed by atoms with Gasteiger partial charge >= 0.3 is 0 Å². The lowest BCUT2D eigenvalue weighted by Gasteiger charge is -2.36. The fourth-order valence-corrected chi connectivity index (χ4v) is 4.44. The van der Waals surface area contributed by atoms with Crippen LogP contribution in [0.3, 0.4) is 0 Å². The molecule has 0 bridgehead atoms. The molecule has 8 heteroatoms. The van der Waals surface area contributed by atoms with Gasteiger partial charge in [0.2, 0.25) is 5.90 Å². The van der Waals surface area contributed by atoms with Gasteiger partial charge in [-0.25, -0.2) is 0 Å². The molecule has 3 aliphatic heterocycles. The van der Waals surface area contributed by atoms with E-state index in [1.165, 1.54) is 10.7 Å². The number of hydrogen-bond donors (Lipinski definition) is 1. The van der Waals surface area contributed by atoms with Crippen LogP contribution in [0.15, 0.2) is 71.0 Å². The summed E-state index contributed by atoms with van der Waals surface area (Å²) in [6.07, 6.45) is 0.101. The van der Waals surface area contributed by atoms with Crippen LogP contribution in [0.25, 0.3) is 0 Å². The summed E-state index contributed by atoms with van der Waals surface area (Å²) < 4.78 is 11.1. The Hall–Kier alpha value is -3.52. The summed E-state index contributed by atoms with van der Waals surface area (Å²) in [5.74, 6) is 1.25. The van der Waals surface area contributed by atoms with E-state index in [4.69, 9.17) is 9.47 Å². The van der Waals surface area contributed by atoms with E-state index in [0.29, 0.717) is 12.3 Å². The molecule has 0 aliphatic carbocycles. The quantitative estimate of drug-likeness (QED) is 0.734. The minimum Gasteiger partial charge on any atom is -0.497 e. The van der Waals surface area contributed by atoms with Crippen molar-refractivity contribution < 1.29 is 14.3 Å². The molecule has 172 valence electrons. The lowest BCUT2D eigenvalue weighted by molar-refractivity contribution is -0.136. The predicted molar refractivity (Wildman–Crippen MR) is 127 cm³/mol. The van der Waals surface area contributed by atoms with Gasteiger partial charge in [0.1, 0.15) is 5.75 Å². The standard InChI is InChI=1S/C25H29N5O3/c1-18-22(24(31)30-25(26-18)33-23(27-30)19-6-4-3-5-7-19)12-13-28-14-16-29(17-15-28)20-8-10-21(32-2)11-9-20/h3-11,25-26H,12-17H2,1-2H3. The van der Waals surface area contributed by atoms with Crippen LogP contribution in [0, 0.1) is 0 Å². The SMILES string of the molecule is COc1ccc(N2CCN(CCC3=C(C)NC4OC(c5ccccc5)=NN4C3=O)CC2)cc1. The molecule has 33 heavy (non-hydrogen) atoms. The van der Waals surface area contributed by atoms with Gasteiger partial charge < -0.3 is 19.7 Å². The molecule has 1 fully saturated rings. The van der Waals surface area contributed by atoms with Gasteiger partial charge in [-0.05, 0) is 49.7 Å². The van der Waals surface area contributed by atoms with Gasteiger partial charge in [0.15, 0.2) is 0 Å². The van der Waals surface area contributed by atoms with Crippen molar-refractivity contribution in [1.82, 2.24) is 15.2 Å². The minimum atomic E-state index is -0.579. The van der Waals surface area contributed by atoms with Crippen molar-refractivity contribution in [2.75, 3.05) is 44.7 Å². The highest BCUT2D eigenvalue weighted by Gasteiger charge is 2.39. The first-order chi connectivity index (χ1) is 16.1. The van der Waals surface area contributed by atoms with Gasteiger partial charge in [-0.1, -0.05) is 18.2 Å². The number of ether oxygens (including phenoxy) is 2. The van der Waals surface area contributed by atoms with Crippen molar-refractivity contribution in [3.63, 3.8) is 0 Å². The minimum absolute atomic E-state index is 0.0842. The normalized spacial score (nSPS) is 20.8. The number of carbonyl (C=O) groups excluding carboxylic acids is 1. The second-order valence-corrected chi connectivity index (χ2v) is 8.42. The van der Waals surface area contributed by atoms with Crippen molar-refractivity contribution in [1.29, 1.82) is 0 Å². The van der Waals surface area contributed by atoms with Crippen LogP contribution in [0.5, 0.6) is 5.75 Å². The number of nitrogens with zero attached hydrogens (tertiary/aromatic N) is 4. The third-order valence-electron chi connectivity index (χ3n) is 6.41. The fraction of sp³-hybridized carbons (Fsp3) is 0.360. The number of anilines is 1. The number of methoxy groups -OCH3 is 1. The lowest BCUT2D eigenvalue weighted by atomic mass is 10.1. The molecular formula is C25H29N5O3. The molecule has 0 radical (unpaired) electrons. The summed E-state index contributed by atoms with van der Waals surface area (Å²) in [6.45, 7) is 6.63. The molecule has 1 atom stereocenters. The summed E-state index contributed by atoms with van der Waals surface area (Å²) in [5, 5.41) is 9.17. The number of piperazine rings is 1. The highest BCUT2D eigenvalue weighted by molar-refractivity contribution is 6.00. The Kier molecular flexibility index (Phi) is 5.92. The Morgan fingerprint density at radius 2 is 1.79 bits per heavy atom. The van der Waals surface area contributed by atoms with Crippen LogP contribution in [0.4, 0.5) is 5.69 Å². The zero-order valence-corrected chi connectivity index (χ0v) is 19.0. The van der Waals surface area contributed by atoms with Crippen LogP contribution < -0.4 is 15.0 Å². The Morgan fingerprint density at radius 3 is 2.48 bits per heavy atom. The zero-order valence-electron chi connectivity index (χ0n) is 19.0. The molecule has 2 aromatic rings. The number of amides is 1. The van der Waals surface area contributed by atoms with Crippen molar-refractivity contribution in [3.8, 4) is 5.75 Å². The third-order valence-corrected chi connectivity index (χ3v) is 6.41. The monoisotopic (exact) mass is 447 g/mol. The maximum Gasteiger partial charge on any atom is 0.276 e. The van der Waals surface area contributed by atoms with Gasteiger partial charge in [-0.15, -0.1) is 5.10 Å². The maximum atomic E-state index is 13.2. The number of hydrazone groups is 1. The first-order valence-electron chi connectivity index (χ1n) is 11.3. The number of hydrogen-bond acceptors (Lipinski definition) is 7. The van der Waals surface area contributed by atoms with Gasteiger partial charge in [-0.2, -0.15) is 5.01 Å². The average Bonchev–Trinajstić information content (AvgIpc) is 3.29. The number of rotatable bonds is 6. The van der Waals surface area contributed by atoms with E-state index in [1.54, 1.807) is 7.11 Å². The van der Waals surface area contributed by atoms with E-state index in [0.717, 1.165) is 55.3 Å². The molecule has 0 spiro atoms. The molecule has 5 rings (SSSR count). The van der Waals surface area contributed by atoms with Gasteiger partial charge in [0, 0.05) is 55.2 Å². The van der Waals surface area contributed by atoms with Crippen molar-refractivity contribution in [2.24, 2.45) is 5.10 Å². The highest BCUT2D eigenvalue weighted by Crippen LogP contribution is 2.26. The number of carbonyl (C=O) groups is 1.